The summed E-state index contributed by atoms with van der Waals surface area (Å²) in [6.07, 6.45) is 4.61. The van der Waals surface area contributed by atoms with Crippen LogP contribution in [0.4, 0.5) is 0 Å². The number of piperazine rings is 1. The Morgan fingerprint density at radius 1 is 1.21 bits per heavy atom. The molecule has 1 fully saturated rings. The molecule has 0 atom stereocenters. The minimum absolute atomic E-state index is 1.15. The van der Waals surface area contributed by atoms with Crippen LogP contribution in [0.1, 0.15) is 17.7 Å². The summed E-state index contributed by atoms with van der Waals surface area (Å²) in [6.45, 7) is 8.15. The van der Waals surface area contributed by atoms with Gasteiger partial charge < -0.3 is 14.6 Å². The van der Waals surface area contributed by atoms with Crippen LogP contribution in [0.25, 0.3) is 5.52 Å². The first-order valence-electron chi connectivity index (χ1n) is 7.33. The van der Waals surface area contributed by atoms with Crippen molar-refractivity contribution < 1.29 is 0 Å². The van der Waals surface area contributed by atoms with E-state index in [2.05, 4.69) is 52.0 Å². The molecular formula is C16H23N3. The molecule has 102 valence electrons. The third kappa shape index (κ3) is 2.82. The van der Waals surface area contributed by atoms with Crippen LogP contribution in [0.5, 0.6) is 0 Å². The Bertz CT molecular complexity index is 538. The third-order valence-corrected chi connectivity index (χ3v) is 4.10. The summed E-state index contributed by atoms with van der Waals surface area (Å²) in [6, 6.07) is 8.71. The van der Waals surface area contributed by atoms with Gasteiger partial charge in [-0.2, -0.15) is 0 Å². The fourth-order valence-electron chi connectivity index (χ4n) is 3.04. The monoisotopic (exact) mass is 257 g/mol. The highest BCUT2D eigenvalue weighted by Gasteiger charge is 2.10. The molecule has 0 radical (unpaired) electrons. The number of rotatable bonds is 4. The summed E-state index contributed by atoms with van der Waals surface area (Å²) in [5.41, 5.74) is 4.22. The molecule has 0 aromatic carbocycles. The Morgan fingerprint density at radius 2 is 2.05 bits per heavy atom. The normalized spacial score (nSPS) is 17.1. The number of nitrogens with one attached hydrogen (secondary N) is 1. The van der Waals surface area contributed by atoms with Crippen molar-refractivity contribution in [3.05, 3.63) is 41.7 Å². The maximum atomic E-state index is 3.41. The van der Waals surface area contributed by atoms with Gasteiger partial charge in [0.1, 0.15) is 0 Å². The number of nitrogens with zero attached hydrogens (tertiary/aromatic N) is 2. The second-order valence-electron chi connectivity index (χ2n) is 5.46. The highest BCUT2D eigenvalue weighted by molar-refractivity contribution is 5.53. The van der Waals surface area contributed by atoms with Crippen LogP contribution in [-0.4, -0.2) is 42.0 Å². The van der Waals surface area contributed by atoms with Gasteiger partial charge in [-0.15, -0.1) is 0 Å². The van der Waals surface area contributed by atoms with E-state index < -0.39 is 0 Å². The Hall–Kier alpha value is -1.32. The van der Waals surface area contributed by atoms with Crippen molar-refractivity contribution in [2.75, 3.05) is 32.7 Å². The van der Waals surface area contributed by atoms with Crippen LogP contribution in [0.15, 0.2) is 30.5 Å². The molecule has 0 amide bonds. The van der Waals surface area contributed by atoms with Crippen molar-refractivity contribution >= 4 is 5.52 Å². The van der Waals surface area contributed by atoms with E-state index in [0.29, 0.717) is 0 Å². The van der Waals surface area contributed by atoms with Crippen molar-refractivity contribution in [1.82, 2.24) is 14.6 Å². The van der Waals surface area contributed by atoms with E-state index in [1.807, 2.05) is 0 Å². The number of hydrogen-bond acceptors (Lipinski definition) is 2. The predicted molar refractivity (Wildman–Crippen MR) is 79.8 cm³/mol. The number of fused-ring (bicyclic) bond motifs is 1. The molecule has 3 rings (SSSR count). The number of aryl methyl sites for hydroxylation is 2. The van der Waals surface area contributed by atoms with Gasteiger partial charge in [0.05, 0.1) is 0 Å². The number of hydrogen-bond donors (Lipinski definition) is 1. The minimum atomic E-state index is 1.15. The third-order valence-electron chi connectivity index (χ3n) is 4.10. The highest BCUT2D eigenvalue weighted by atomic mass is 15.2. The first kappa shape index (κ1) is 12.7. The minimum Gasteiger partial charge on any atom is -0.321 e. The molecule has 3 heterocycles. The maximum absolute atomic E-state index is 3.41. The Labute approximate surface area is 115 Å². The fourth-order valence-corrected chi connectivity index (χ4v) is 3.04. The van der Waals surface area contributed by atoms with E-state index >= 15 is 0 Å². The molecule has 1 aliphatic heterocycles. The predicted octanol–water partition coefficient (Wildman–Crippen LogP) is 2.09. The quantitative estimate of drug-likeness (QED) is 0.905. The molecule has 19 heavy (non-hydrogen) atoms. The summed E-state index contributed by atoms with van der Waals surface area (Å²) in [7, 11) is 0. The fraction of sp³-hybridized carbons (Fsp3) is 0.500. The van der Waals surface area contributed by atoms with Gasteiger partial charge >= 0.3 is 0 Å². The summed E-state index contributed by atoms with van der Waals surface area (Å²) < 4.78 is 2.34. The van der Waals surface area contributed by atoms with E-state index in [1.165, 1.54) is 49.2 Å². The van der Waals surface area contributed by atoms with Gasteiger partial charge in [0.25, 0.3) is 0 Å². The van der Waals surface area contributed by atoms with Crippen LogP contribution in [0.2, 0.25) is 0 Å². The maximum Gasteiger partial charge on any atom is 0.0455 e. The Morgan fingerprint density at radius 3 is 2.89 bits per heavy atom. The molecule has 0 unspecified atom stereocenters. The van der Waals surface area contributed by atoms with Crippen molar-refractivity contribution in [1.29, 1.82) is 0 Å². The molecule has 1 saturated heterocycles. The lowest BCUT2D eigenvalue weighted by Crippen LogP contribution is -2.43. The average molecular weight is 257 g/mol. The van der Waals surface area contributed by atoms with Gasteiger partial charge in [0, 0.05) is 43.6 Å². The van der Waals surface area contributed by atoms with E-state index in [9.17, 15) is 0 Å². The van der Waals surface area contributed by atoms with Crippen LogP contribution in [0, 0.1) is 6.92 Å². The summed E-state index contributed by atoms with van der Waals surface area (Å²) in [5.74, 6) is 0. The molecule has 2 aromatic rings. The van der Waals surface area contributed by atoms with E-state index in [-0.39, 0.29) is 0 Å². The zero-order chi connectivity index (χ0) is 13.1. The first-order chi connectivity index (χ1) is 9.34. The second kappa shape index (κ2) is 5.76. The van der Waals surface area contributed by atoms with Crippen molar-refractivity contribution in [3.63, 3.8) is 0 Å². The Kier molecular flexibility index (Phi) is 3.85. The second-order valence-corrected chi connectivity index (χ2v) is 5.46. The van der Waals surface area contributed by atoms with Crippen LogP contribution < -0.4 is 5.32 Å². The average Bonchev–Trinajstić information content (AvgIpc) is 2.76. The molecule has 3 nitrogen and oxygen atoms in total. The lowest BCUT2D eigenvalue weighted by molar-refractivity contribution is 0.238. The zero-order valence-electron chi connectivity index (χ0n) is 11.7. The van der Waals surface area contributed by atoms with Gasteiger partial charge in [-0.25, -0.2) is 0 Å². The van der Waals surface area contributed by atoms with Gasteiger partial charge in [-0.3, -0.25) is 0 Å². The first-order valence-corrected chi connectivity index (χ1v) is 7.33. The summed E-state index contributed by atoms with van der Waals surface area (Å²) in [4.78, 5) is 2.57. The molecule has 1 N–H and O–H groups in total. The Balaban J connectivity index is 1.63. The van der Waals surface area contributed by atoms with Crippen molar-refractivity contribution in [2.45, 2.75) is 19.8 Å². The number of aromatic nitrogens is 1. The largest absolute Gasteiger partial charge is 0.321 e. The highest BCUT2D eigenvalue weighted by Crippen LogP contribution is 2.17. The van der Waals surface area contributed by atoms with Gasteiger partial charge in [0.2, 0.25) is 0 Å². The molecule has 0 bridgehead atoms. The SMILES string of the molecule is Cc1cc2ccccn2c1CCCN1CCNCC1. The van der Waals surface area contributed by atoms with Crippen LogP contribution in [-0.2, 0) is 6.42 Å². The van der Waals surface area contributed by atoms with Gasteiger partial charge in [-0.1, -0.05) is 6.07 Å². The van der Waals surface area contributed by atoms with E-state index in [1.54, 1.807) is 0 Å². The van der Waals surface area contributed by atoms with Crippen molar-refractivity contribution in [2.24, 2.45) is 0 Å². The summed E-state index contributed by atoms with van der Waals surface area (Å²) in [5, 5.41) is 3.41. The summed E-state index contributed by atoms with van der Waals surface area (Å²) >= 11 is 0. The van der Waals surface area contributed by atoms with Crippen molar-refractivity contribution in [3.8, 4) is 0 Å². The smallest absolute Gasteiger partial charge is 0.0455 e. The van der Waals surface area contributed by atoms with Gasteiger partial charge in [0.15, 0.2) is 0 Å². The molecule has 3 heteroatoms. The van der Waals surface area contributed by atoms with Crippen LogP contribution in [0.3, 0.4) is 0 Å². The lowest BCUT2D eigenvalue weighted by atomic mass is 10.1. The molecule has 1 aliphatic rings. The molecule has 0 spiro atoms. The standard InChI is InChI=1S/C16H23N3/c1-14-13-15-5-2-3-10-19(15)16(14)6-4-9-18-11-7-17-8-12-18/h2-3,5,10,13,17H,4,6-9,11-12H2,1H3. The molecule has 0 aliphatic carbocycles. The molecular weight excluding hydrogens is 234 g/mol. The molecule has 2 aromatic heterocycles. The van der Waals surface area contributed by atoms with Gasteiger partial charge in [-0.05, 0) is 50.1 Å². The number of pyridine rings is 1. The molecule has 0 saturated carbocycles. The zero-order valence-corrected chi connectivity index (χ0v) is 11.7. The lowest BCUT2D eigenvalue weighted by Gasteiger charge is -2.27. The van der Waals surface area contributed by atoms with Crippen LogP contribution >= 0.6 is 0 Å². The van der Waals surface area contributed by atoms with E-state index in [4.69, 9.17) is 0 Å². The van der Waals surface area contributed by atoms with E-state index in [0.717, 1.165) is 13.1 Å². The topological polar surface area (TPSA) is 19.7 Å².